The van der Waals surface area contributed by atoms with Crippen molar-refractivity contribution in [2.24, 2.45) is 0 Å². The van der Waals surface area contributed by atoms with Gasteiger partial charge in [0, 0.05) is 18.8 Å². The molecule has 1 N–H and O–H groups in total. The molecule has 0 saturated carbocycles. The Kier molecular flexibility index (Phi) is 4.31. The second kappa shape index (κ2) is 6.91. The molecule has 0 aliphatic carbocycles. The number of aromatic amines is 1. The van der Waals surface area contributed by atoms with Crippen LogP contribution in [0.5, 0.6) is 0 Å². The Bertz CT molecular complexity index is 955. The van der Waals surface area contributed by atoms with Crippen LogP contribution in [0.1, 0.15) is 11.3 Å². The fourth-order valence-electron chi connectivity index (χ4n) is 2.95. The minimum absolute atomic E-state index is 0.181. The fourth-order valence-corrected chi connectivity index (χ4v) is 2.95. The monoisotopic (exact) mass is 333 g/mol. The van der Waals surface area contributed by atoms with Gasteiger partial charge in [0.2, 0.25) is 0 Å². The van der Waals surface area contributed by atoms with Crippen LogP contribution >= 0.6 is 0 Å². The van der Waals surface area contributed by atoms with Gasteiger partial charge in [0.1, 0.15) is 5.69 Å². The highest BCUT2D eigenvalue weighted by molar-refractivity contribution is 5.76. The summed E-state index contributed by atoms with van der Waals surface area (Å²) in [6.07, 6.45) is 3.67. The van der Waals surface area contributed by atoms with Crippen LogP contribution in [0.15, 0.2) is 53.3 Å². The first-order valence-corrected chi connectivity index (χ1v) is 8.39. The van der Waals surface area contributed by atoms with E-state index in [0.29, 0.717) is 5.69 Å². The van der Waals surface area contributed by atoms with Crippen molar-refractivity contribution < 1.29 is 4.74 Å². The van der Waals surface area contributed by atoms with Crippen LogP contribution in [0.2, 0.25) is 0 Å². The number of para-hydroxylation sites is 2. The Morgan fingerprint density at radius 1 is 1.00 bits per heavy atom. The van der Waals surface area contributed by atoms with Crippen molar-refractivity contribution in [3.8, 4) is 0 Å². The van der Waals surface area contributed by atoms with Crippen LogP contribution in [0.25, 0.3) is 23.2 Å². The summed E-state index contributed by atoms with van der Waals surface area (Å²) in [5.41, 5.74) is 3.99. The van der Waals surface area contributed by atoms with Crippen molar-refractivity contribution in [3.63, 3.8) is 0 Å². The van der Waals surface area contributed by atoms with Crippen molar-refractivity contribution in [1.82, 2.24) is 9.97 Å². The summed E-state index contributed by atoms with van der Waals surface area (Å²) in [5.74, 6) is 0. The zero-order valence-electron chi connectivity index (χ0n) is 13.8. The van der Waals surface area contributed by atoms with Gasteiger partial charge in [0.05, 0.1) is 24.2 Å². The lowest BCUT2D eigenvalue weighted by molar-refractivity contribution is 0.122. The molecule has 2 aromatic carbocycles. The molecule has 4 rings (SSSR count). The number of fused-ring (bicyclic) bond motifs is 1. The molecule has 1 aliphatic rings. The molecule has 0 radical (unpaired) electrons. The number of anilines is 1. The first kappa shape index (κ1) is 15.6. The topological polar surface area (TPSA) is 58.2 Å². The summed E-state index contributed by atoms with van der Waals surface area (Å²) in [5, 5.41) is 0. The van der Waals surface area contributed by atoms with E-state index in [9.17, 15) is 4.79 Å². The number of H-pyrrole nitrogens is 1. The molecule has 5 heteroatoms. The molecule has 0 atom stereocenters. The second-order valence-electron chi connectivity index (χ2n) is 5.99. The van der Waals surface area contributed by atoms with Gasteiger partial charge in [-0.15, -0.1) is 0 Å². The molecule has 25 heavy (non-hydrogen) atoms. The van der Waals surface area contributed by atoms with E-state index in [1.165, 1.54) is 5.69 Å². The molecule has 1 aliphatic heterocycles. The lowest BCUT2D eigenvalue weighted by Gasteiger charge is -2.28. The number of hydrogen-bond donors (Lipinski definition) is 1. The third-order valence-corrected chi connectivity index (χ3v) is 4.33. The van der Waals surface area contributed by atoms with Crippen molar-refractivity contribution in [2.45, 2.75) is 0 Å². The number of rotatable bonds is 3. The normalized spacial score (nSPS) is 15.1. The van der Waals surface area contributed by atoms with Gasteiger partial charge in [-0.3, -0.25) is 4.79 Å². The average molecular weight is 333 g/mol. The molecular weight excluding hydrogens is 314 g/mol. The molecule has 2 heterocycles. The summed E-state index contributed by atoms with van der Waals surface area (Å²) in [7, 11) is 0. The average Bonchev–Trinajstić information content (AvgIpc) is 2.67. The second-order valence-corrected chi connectivity index (χ2v) is 5.99. The molecule has 0 unspecified atom stereocenters. The quantitative estimate of drug-likeness (QED) is 0.801. The lowest BCUT2D eigenvalue weighted by Crippen LogP contribution is -2.36. The van der Waals surface area contributed by atoms with Crippen LogP contribution < -0.4 is 10.5 Å². The van der Waals surface area contributed by atoms with Gasteiger partial charge in [0.15, 0.2) is 0 Å². The predicted molar refractivity (Wildman–Crippen MR) is 101 cm³/mol. The largest absolute Gasteiger partial charge is 0.378 e. The fraction of sp³-hybridized carbons (Fsp3) is 0.200. The number of nitrogens with one attached hydrogen (secondary N) is 1. The van der Waals surface area contributed by atoms with E-state index in [2.05, 4.69) is 39.1 Å². The maximum absolute atomic E-state index is 12.1. The molecule has 3 aromatic rings. The van der Waals surface area contributed by atoms with E-state index >= 15 is 0 Å². The minimum atomic E-state index is -0.181. The van der Waals surface area contributed by atoms with Crippen molar-refractivity contribution in [2.75, 3.05) is 31.2 Å². The van der Waals surface area contributed by atoms with E-state index in [-0.39, 0.29) is 5.56 Å². The summed E-state index contributed by atoms with van der Waals surface area (Å²) < 4.78 is 5.38. The van der Waals surface area contributed by atoms with Crippen LogP contribution in [0.3, 0.4) is 0 Å². The SMILES string of the molecule is O=c1[nH]c2ccccc2nc1/C=C/c1ccc(N2CCOCC2)cc1. The van der Waals surface area contributed by atoms with Crippen LogP contribution in [-0.4, -0.2) is 36.3 Å². The first-order valence-electron chi connectivity index (χ1n) is 8.39. The highest BCUT2D eigenvalue weighted by Crippen LogP contribution is 2.17. The molecule has 126 valence electrons. The van der Waals surface area contributed by atoms with Crippen LogP contribution in [0.4, 0.5) is 5.69 Å². The van der Waals surface area contributed by atoms with E-state index in [1.807, 2.05) is 30.3 Å². The van der Waals surface area contributed by atoms with E-state index < -0.39 is 0 Å². The maximum atomic E-state index is 12.1. The van der Waals surface area contributed by atoms with Gasteiger partial charge in [-0.2, -0.15) is 0 Å². The highest BCUT2D eigenvalue weighted by Gasteiger charge is 2.10. The maximum Gasteiger partial charge on any atom is 0.274 e. The molecule has 0 bridgehead atoms. The van der Waals surface area contributed by atoms with Crippen molar-refractivity contribution in [3.05, 3.63) is 70.1 Å². The van der Waals surface area contributed by atoms with Gasteiger partial charge in [-0.05, 0) is 35.9 Å². The lowest BCUT2D eigenvalue weighted by atomic mass is 10.1. The number of hydrogen-bond acceptors (Lipinski definition) is 4. The molecule has 0 spiro atoms. The molecule has 0 amide bonds. The predicted octanol–water partition coefficient (Wildman–Crippen LogP) is 2.93. The zero-order valence-corrected chi connectivity index (χ0v) is 13.8. The number of aromatic nitrogens is 2. The molecule has 1 saturated heterocycles. The zero-order chi connectivity index (χ0) is 17.1. The van der Waals surface area contributed by atoms with E-state index in [4.69, 9.17) is 4.74 Å². The third-order valence-electron chi connectivity index (χ3n) is 4.33. The molecule has 1 fully saturated rings. The Labute approximate surface area is 145 Å². The Morgan fingerprint density at radius 3 is 2.56 bits per heavy atom. The summed E-state index contributed by atoms with van der Waals surface area (Å²) in [6, 6.07) is 15.8. The van der Waals surface area contributed by atoms with Gasteiger partial charge in [-0.25, -0.2) is 4.98 Å². The van der Waals surface area contributed by atoms with Gasteiger partial charge in [-0.1, -0.05) is 30.3 Å². The highest BCUT2D eigenvalue weighted by atomic mass is 16.5. The number of benzene rings is 2. The van der Waals surface area contributed by atoms with Crippen molar-refractivity contribution >= 4 is 28.9 Å². The van der Waals surface area contributed by atoms with E-state index in [0.717, 1.165) is 42.9 Å². The number of ether oxygens (including phenoxy) is 1. The Hall–Kier alpha value is -2.92. The minimum Gasteiger partial charge on any atom is -0.378 e. The van der Waals surface area contributed by atoms with Gasteiger partial charge >= 0.3 is 0 Å². The Morgan fingerprint density at radius 2 is 1.76 bits per heavy atom. The van der Waals surface area contributed by atoms with Crippen molar-refractivity contribution in [1.29, 1.82) is 0 Å². The standard InChI is InChI=1S/C20H19N3O2/c24-20-19(21-17-3-1-2-4-18(17)22-20)10-7-15-5-8-16(9-6-15)23-11-13-25-14-12-23/h1-10H,11-14H2,(H,22,24)/b10-7+. The summed E-state index contributed by atoms with van der Waals surface area (Å²) >= 11 is 0. The number of morpholine rings is 1. The third kappa shape index (κ3) is 3.46. The van der Waals surface area contributed by atoms with Gasteiger partial charge in [0.25, 0.3) is 5.56 Å². The van der Waals surface area contributed by atoms with Crippen LogP contribution in [0, 0.1) is 0 Å². The summed E-state index contributed by atoms with van der Waals surface area (Å²) in [4.78, 5) is 21.7. The van der Waals surface area contributed by atoms with E-state index in [1.54, 1.807) is 6.08 Å². The molecule has 1 aromatic heterocycles. The molecular formula is C20H19N3O2. The smallest absolute Gasteiger partial charge is 0.274 e. The summed E-state index contributed by atoms with van der Waals surface area (Å²) in [6.45, 7) is 3.40. The van der Waals surface area contributed by atoms with Crippen LogP contribution in [-0.2, 0) is 4.74 Å². The molecule has 5 nitrogen and oxygen atoms in total. The van der Waals surface area contributed by atoms with Gasteiger partial charge < -0.3 is 14.6 Å². The first-order chi connectivity index (χ1) is 12.3. The number of nitrogens with zero attached hydrogens (tertiary/aromatic N) is 2. The Balaban J connectivity index is 1.55.